The van der Waals surface area contributed by atoms with Gasteiger partial charge >= 0.3 is 11.9 Å². The Kier molecular flexibility index (Phi) is 6.40. The molecule has 0 unspecified atom stereocenters. The predicted molar refractivity (Wildman–Crippen MR) is 117 cm³/mol. The summed E-state index contributed by atoms with van der Waals surface area (Å²) in [4.78, 5) is 25.3. The Morgan fingerprint density at radius 3 is 2.39 bits per heavy atom. The van der Waals surface area contributed by atoms with E-state index in [0.29, 0.717) is 21.1 Å². The first kappa shape index (κ1) is 20.0. The number of hydrogen-bond acceptors (Lipinski definition) is 7. The minimum absolute atomic E-state index is 0.246. The minimum Gasteiger partial charge on any atom is -0.465 e. The second-order valence-corrected chi connectivity index (χ2v) is 7.82. The fraction of sp³-hybridized carbons (Fsp3) is 0.105. The molecule has 0 spiro atoms. The summed E-state index contributed by atoms with van der Waals surface area (Å²) in [5.41, 5.74) is 1.90. The van der Waals surface area contributed by atoms with Gasteiger partial charge in [-0.25, -0.2) is 9.59 Å². The topological polar surface area (TPSA) is 76.7 Å². The number of ether oxygens (including phenoxy) is 2. The van der Waals surface area contributed by atoms with E-state index < -0.39 is 11.9 Å². The monoisotopic (exact) mass is 432 g/mol. The Bertz CT molecular complexity index is 1010. The highest BCUT2D eigenvalue weighted by Gasteiger charge is 2.20. The van der Waals surface area contributed by atoms with Gasteiger partial charge in [0.1, 0.15) is 9.88 Å². The van der Waals surface area contributed by atoms with E-state index in [9.17, 15) is 9.59 Å². The van der Waals surface area contributed by atoms with E-state index in [-0.39, 0.29) is 5.11 Å². The first-order valence-electron chi connectivity index (χ1n) is 8.05. The molecule has 0 fully saturated rings. The van der Waals surface area contributed by atoms with Crippen molar-refractivity contribution in [3.05, 3.63) is 58.3 Å². The van der Waals surface area contributed by atoms with Crippen LogP contribution in [0.15, 0.2) is 47.8 Å². The number of thiocarbonyl (C=S) groups is 1. The Hall–Kier alpha value is -2.75. The van der Waals surface area contributed by atoms with Crippen LogP contribution in [0.4, 0.5) is 10.7 Å². The molecule has 0 saturated heterocycles. The van der Waals surface area contributed by atoms with Gasteiger partial charge in [-0.15, -0.1) is 22.7 Å². The molecule has 3 rings (SSSR count). The zero-order valence-electron chi connectivity index (χ0n) is 15.0. The average molecular weight is 433 g/mol. The molecule has 0 aliphatic carbocycles. The van der Waals surface area contributed by atoms with Crippen LogP contribution < -0.4 is 10.6 Å². The van der Waals surface area contributed by atoms with Gasteiger partial charge in [-0.2, -0.15) is 0 Å². The number of carbonyl (C=O) groups excluding carboxylic acids is 2. The number of benzene rings is 1. The van der Waals surface area contributed by atoms with Crippen LogP contribution in [0.5, 0.6) is 0 Å². The number of carbonyl (C=O) groups is 2. The number of methoxy groups -OCH3 is 2. The second kappa shape index (κ2) is 8.96. The molecule has 0 aliphatic heterocycles. The molecule has 1 aromatic carbocycles. The molecule has 2 aromatic heterocycles. The molecule has 0 atom stereocenters. The van der Waals surface area contributed by atoms with Gasteiger partial charge in [-0.1, -0.05) is 30.3 Å². The summed E-state index contributed by atoms with van der Waals surface area (Å²) < 4.78 is 9.64. The Balaban J connectivity index is 1.84. The molecule has 0 amide bonds. The number of esters is 2. The first-order chi connectivity index (χ1) is 13.5. The lowest BCUT2D eigenvalue weighted by Crippen LogP contribution is -2.20. The number of hydrogen-bond donors (Lipinski definition) is 2. The zero-order valence-corrected chi connectivity index (χ0v) is 17.4. The van der Waals surface area contributed by atoms with E-state index in [1.54, 1.807) is 17.5 Å². The maximum atomic E-state index is 12.2. The van der Waals surface area contributed by atoms with E-state index in [4.69, 9.17) is 21.7 Å². The molecule has 2 heterocycles. The van der Waals surface area contributed by atoms with Crippen LogP contribution in [0, 0.1) is 0 Å². The van der Waals surface area contributed by atoms with E-state index in [2.05, 4.69) is 10.6 Å². The molecule has 0 bridgehead atoms. The van der Waals surface area contributed by atoms with E-state index in [0.717, 1.165) is 10.4 Å². The van der Waals surface area contributed by atoms with Gasteiger partial charge < -0.3 is 20.1 Å². The number of anilines is 2. The Morgan fingerprint density at radius 2 is 1.71 bits per heavy atom. The molecule has 0 aliphatic rings. The van der Waals surface area contributed by atoms with Crippen molar-refractivity contribution >= 4 is 62.6 Å². The Labute approximate surface area is 175 Å². The highest BCUT2D eigenvalue weighted by atomic mass is 32.1. The molecule has 0 radical (unpaired) electrons. The van der Waals surface area contributed by atoms with Crippen molar-refractivity contribution in [1.82, 2.24) is 0 Å². The molecule has 3 aromatic rings. The quantitative estimate of drug-likeness (QED) is 0.440. The standard InChI is InChI=1S/C19H16N2O4S3/c1-24-17(22)12-10-14(11-6-4-3-5-7-11)28-16(12)21-19(26)20-13-8-9-27-15(13)18(23)25-2/h3-10H,1-2H3,(H2,20,21,26). The normalized spacial score (nSPS) is 10.2. The summed E-state index contributed by atoms with van der Waals surface area (Å²) >= 11 is 7.99. The van der Waals surface area contributed by atoms with Crippen molar-refractivity contribution in [3.63, 3.8) is 0 Å². The summed E-state index contributed by atoms with van der Waals surface area (Å²) in [6.45, 7) is 0. The third-order valence-electron chi connectivity index (χ3n) is 3.71. The van der Waals surface area contributed by atoms with Gasteiger partial charge in [-0.05, 0) is 35.3 Å². The van der Waals surface area contributed by atoms with E-state index >= 15 is 0 Å². The Morgan fingerprint density at radius 1 is 1.00 bits per heavy atom. The highest BCUT2D eigenvalue weighted by molar-refractivity contribution is 7.80. The SMILES string of the molecule is COC(=O)c1cc(-c2ccccc2)sc1NC(=S)Nc1ccsc1C(=O)OC. The van der Waals surface area contributed by atoms with Crippen LogP contribution in [0.1, 0.15) is 20.0 Å². The van der Waals surface area contributed by atoms with Crippen molar-refractivity contribution in [1.29, 1.82) is 0 Å². The van der Waals surface area contributed by atoms with Crippen LogP contribution in [-0.2, 0) is 9.47 Å². The fourth-order valence-electron chi connectivity index (χ4n) is 2.41. The molecular formula is C19H16N2O4S3. The summed E-state index contributed by atoms with van der Waals surface area (Å²) in [6, 6.07) is 13.2. The molecule has 28 heavy (non-hydrogen) atoms. The smallest absolute Gasteiger partial charge is 0.350 e. The van der Waals surface area contributed by atoms with Crippen molar-refractivity contribution in [2.45, 2.75) is 0 Å². The molecule has 144 valence electrons. The van der Waals surface area contributed by atoms with Crippen molar-refractivity contribution in [2.24, 2.45) is 0 Å². The maximum absolute atomic E-state index is 12.2. The average Bonchev–Trinajstić information content (AvgIpc) is 3.34. The minimum atomic E-state index is -0.463. The van der Waals surface area contributed by atoms with E-state index in [1.807, 2.05) is 30.3 Å². The third-order valence-corrected chi connectivity index (χ3v) is 5.91. The molecule has 2 N–H and O–H groups in total. The van der Waals surface area contributed by atoms with Gasteiger partial charge in [0, 0.05) is 4.88 Å². The molecule has 0 saturated carbocycles. The van der Waals surface area contributed by atoms with E-state index in [1.165, 1.54) is 36.9 Å². The summed E-state index contributed by atoms with van der Waals surface area (Å²) in [6.07, 6.45) is 0. The van der Waals surface area contributed by atoms with Crippen LogP contribution in [-0.4, -0.2) is 31.3 Å². The highest BCUT2D eigenvalue weighted by Crippen LogP contribution is 2.36. The fourth-order valence-corrected chi connectivity index (χ4v) is 4.50. The largest absolute Gasteiger partial charge is 0.465 e. The first-order valence-corrected chi connectivity index (χ1v) is 10.1. The lowest BCUT2D eigenvalue weighted by molar-refractivity contribution is 0.0595. The predicted octanol–water partition coefficient (Wildman–Crippen LogP) is 4.86. The summed E-state index contributed by atoms with van der Waals surface area (Å²) in [7, 11) is 2.65. The number of nitrogens with one attached hydrogen (secondary N) is 2. The molecule has 6 nitrogen and oxygen atoms in total. The van der Waals surface area contributed by atoms with Crippen LogP contribution in [0.3, 0.4) is 0 Å². The van der Waals surface area contributed by atoms with Crippen LogP contribution in [0.2, 0.25) is 0 Å². The van der Waals surface area contributed by atoms with Crippen LogP contribution in [0.25, 0.3) is 10.4 Å². The lowest BCUT2D eigenvalue weighted by atomic mass is 10.1. The van der Waals surface area contributed by atoms with Crippen molar-refractivity contribution < 1.29 is 19.1 Å². The van der Waals surface area contributed by atoms with Crippen LogP contribution >= 0.6 is 34.9 Å². The molecule has 9 heteroatoms. The second-order valence-electron chi connectivity index (χ2n) is 5.45. The third kappa shape index (κ3) is 4.38. The summed E-state index contributed by atoms with van der Waals surface area (Å²) in [5, 5.41) is 8.56. The van der Waals surface area contributed by atoms with Gasteiger partial charge in [0.25, 0.3) is 0 Å². The summed E-state index contributed by atoms with van der Waals surface area (Å²) in [5.74, 6) is -0.910. The molecular weight excluding hydrogens is 416 g/mol. The maximum Gasteiger partial charge on any atom is 0.350 e. The number of thiophene rings is 2. The van der Waals surface area contributed by atoms with Crippen molar-refractivity contribution in [2.75, 3.05) is 24.9 Å². The van der Waals surface area contributed by atoms with Gasteiger partial charge in [0.15, 0.2) is 5.11 Å². The van der Waals surface area contributed by atoms with Gasteiger partial charge in [-0.3, -0.25) is 0 Å². The zero-order chi connectivity index (χ0) is 20.1. The number of rotatable bonds is 5. The lowest BCUT2D eigenvalue weighted by Gasteiger charge is -2.10. The van der Waals surface area contributed by atoms with Gasteiger partial charge in [0.05, 0.1) is 25.5 Å². The van der Waals surface area contributed by atoms with Crippen molar-refractivity contribution in [3.8, 4) is 10.4 Å². The van der Waals surface area contributed by atoms with Gasteiger partial charge in [0.2, 0.25) is 0 Å².